The lowest BCUT2D eigenvalue weighted by Gasteiger charge is -2.30. The highest BCUT2D eigenvalue weighted by atomic mass is 35.5. The Balaban J connectivity index is 2.02. The molecule has 2 rings (SSSR count). The molecule has 0 bridgehead atoms. The number of hydrogen-bond donors (Lipinski definition) is 1. The second-order valence-corrected chi connectivity index (χ2v) is 4.83. The van der Waals surface area contributed by atoms with E-state index in [4.69, 9.17) is 11.6 Å². The van der Waals surface area contributed by atoms with Gasteiger partial charge in [-0.3, -0.25) is 0 Å². The highest BCUT2D eigenvalue weighted by Gasteiger charge is 2.17. The van der Waals surface area contributed by atoms with Gasteiger partial charge in [0.2, 0.25) is 0 Å². The number of nitrogens with one attached hydrogen (secondary N) is 1. The van der Waals surface area contributed by atoms with E-state index in [0.717, 1.165) is 17.9 Å². The SMILES string of the molecule is Cc1cc(Cl)nnc1NC1CCCN(C)C1. The number of aryl methyl sites for hydroxylation is 1. The zero-order valence-electron chi connectivity index (χ0n) is 9.70. The van der Waals surface area contributed by atoms with Crippen LogP contribution in [0.3, 0.4) is 0 Å². The van der Waals surface area contributed by atoms with Crippen molar-refractivity contribution in [3.8, 4) is 0 Å². The number of likely N-dealkylation sites (N-methyl/N-ethyl adjacent to an activating group) is 1. The molecule has 0 aliphatic carbocycles. The Hall–Kier alpha value is -0.870. The van der Waals surface area contributed by atoms with Crippen molar-refractivity contribution in [3.05, 3.63) is 16.8 Å². The highest BCUT2D eigenvalue weighted by molar-refractivity contribution is 6.29. The van der Waals surface area contributed by atoms with E-state index >= 15 is 0 Å². The van der Waals surface area contributed by atoms with Crippen molar-refractivity contribution >= 4 is 17.4 Å². The molecule has 0 radical (unpaired) electrons. The molecule has 1 aromatic heterocycles. The first-order chi connectivity index (χ1) is 7.65. The van der Waals surface area contributed by atoms with E-state index < -0.39 is 0 Å². The molecule has 1 aliphatic heterocycles. The van der Waals surface area contributed by atoms with Gasteiger partial charge in [0.05, 0.1) is 0 Å². The molecule has 0 spiro atoms. The normalized spacial score (nSPS) is 22.1. The molecular weight excluding hydrogens is 224 g/mol. The van der Waals surface area contributed by atoms with E-state index in [9.17, 15) is 0 Å². The molecular formula is C11H17ClN4. The number of rotatable bonds is 2. The predicted molar refractivity (Wildman–Crippen MR) is 65.9 cm³/mol. The van der Waals surface area contributed by atoms with Gasteiger partial charge in [-0.1, -0.05) is 11.6 Å². The van der Waals surface area contributed by atoms with Crippen LogP contribution in [0.1, 0.15) is 18.4 Å². The smallest absolute Gasteiger partial charge is 0.152 e. The van der Waals surface area contributed by atoms with Crippen molar-refractivity contribution in [1.82, 2.24) is 15.1 Å². The van der Waals surface area contributed by atoms with Crippen LogP contribution in [-0.2, 0) is 0 Å². The molecule has 1 unspecified atom stereocenters. The third-order valence-corrected chi connectivity index (χ3v) is 3.10. The number of halogens is 1. The number of piperidine rings is 1. The van der Waals surface area contributed by atoms with Gasteiger partial charge in [0, 0.05) is 12.6 Å². The standard InChI is InChI=1S/C11H17ClN4/c1-8-6-10(12)14-15-11(8)13-9-4-3-5-16(2)7-9/h6,9H,3-5,7H2,1-2H3,(H,13,15). The molecule has 4 nitrogen and oxygen atoms in total. The average molecular weight is 241 g/mol. The molecule has 1 atom stereocenters. The monoisotopic (exact) mass is 240 g/mol. The molecule has 16 heavy (non-hydrogen) atoms. The second kappa shape index (κ2) is 4.97. The summed E-state index contributed by atoms with van der Waals surface area (Å²) in [4.78, 5) is 2.33. The topological polar surface area (TPSA) is 41.1 Å². The van der Waals surface area contributed by atoms with Crippen molar-refractivity contribution in [2.45, 2.75) is 25.8 Å². The van der Waals surface area contributed by atoms with E-state index in [0.29, 0.717) is 11.2 Å². The maximum atomic E-state index is 5.77. The maximum Gasteiger partial charge on any atom is 0.152 e. The number of likely N-dealkylation sites (tertiary alicyclic amines) is 1. The van der Waals surface area contributed by atoms with Crippen LogP contribution in [0.5, 0.6) is 0 Å². The Morgan fingerprint density at radius 1 is 1.50 bits per heavy atom. The summed E-state index contributed by atoms with van der Waals surface area (Å²) < 4.78 is 0. The van der Waals surface area contributed by atoms with Crippen molar-refractivity contribution in [2.24, 2.45) is 0 Å². The minimum absolute atomic E-state index is 0.448. The van der Waals surface area contributed by atoms with Crippen LogP contribution in [0.2, 0.25) is 5.15 Å². The Morgan fingerprint density at radius 2 is 2.31 bits per heavy atom. The Morgan fingerprint density at radius 3 is 3.00 bits per heavy atom. The van der Waals surface area contributed by atoms with Crippen LogP contribution in [0, 0.1) is 6.92 Å². The molecule has 88 valence electrons. The quantitative estimate of drug-likeness (QED) is 0.858. The predicted octanol–water partition coefficient (Wildman–Crippen LogP) is 1.94. The Kier molecular flexibility index (Phi) is 3.61. The zero-order valence-corrected chi connectivity index (χ0v) is 10.5. The van der Waals surface area contributed by atoms with Gasteiger partial charge in [0.25, 0.3) is 0 Å². The summed E-state index contributed by atoms with van der Waals surface area (Å²) in [7, 11) is 2.15. The van der Waals surface area contributed by atoms with E-state index in [1.54, 1.807) is 0 Å². The first-order valence-corrected chi connectivity index (χ1v) is 5.98. The van der Waals surface area contributed by atoms with Gasteiger partial charge in [-0.25, -0.2) is 0 Å². The minimum atomic E-state index is 0.448. The third-order valence-electron chi connectivity index (χ3n) is 2.92. The number of nitrogens with zero attached hydrogens (tertiary/aromatic N) is 3. The van der Waals surface area contributed by atoms with Crippen LogP contribution in [0.4, 0.5) is 5.82 Å². The van der Waals surface area contributed by atoms with Crippen molar-refractivity contribution in [3.63, 3.8) is 0 Å². The summed E-state index contributed by atoms with van der Waals surface area (Å²) in [5.74, 6) is 0.852. The molecule has 1 N–H and O–H groups in total. The number of aromatic nitrogens is 2. The zero-order chi connectivity index (χ0) is 11.5. The van der Waals surface area contributed by atoms with Gasteiger partial charge in [-0.05, 0) is 45.0 Å². The summed E-state index contributed by atoms with van der Waals surface area (Å²) in [6.07, 6.45) is 2.42. The van der Waals surface area contributed by atoms with Gasteiger partial charge in [0.1, 0.15) is 0 Å². The number of hydrogen-bond acceptors (Lipinski definition) is 4. The molecule has 0 aromatic carbocycles. The lowest BCUT2D eigenvalue weighted by atomic mass is 10.1. The molecule has 1 aliphatic rings. The summed E-state index contributed by atoms with van der Waals surface area (Å²) in [5, 5.41) is 11.8. The van der Waals surface area contributed by atoms with E-state index in [-0.39, 0.29) is 0 Å². The molecule has 2 heterocycles. The third kappa shape index (κ3) is 2.83. The van der Waals surface area contributed by atoms with Crippen LogP contribution >= 0.6 is 11.6 Å². The van der Waals surface area contributed by atoms with Crippen molar-refractivity contribution in [1.29, 1.82) is 0 Å². The van der Waals surface area contributed by atoms with Crippen LogP contribution in [-0.4, -0.2) is 41.3 Å². The van der Waals surface area contributed by atoms with Gasteiger partial charge >= 0.3 is 0 Å². The van der Waals surface area contributed by atoms with Gasteiger partial charge in [-0.15, -0.1) is 10.2 Å². The largest absolute Gasteiger partial charge is 0.364 e. The molecule has 0 amide bonds. The minimum Gasteiger partial charge on any atom is -0.364 e. The first kappa shape index (κ1) is 11.6. The van der Waals surface area contributed by atoms with Crippen LogP contribution in [0.15, 0.2) is 6.07 Å². The van der Waals surface area contributed by atoms with Gasteiger partial charge < -0.3 is 10.2 Å². The fourth-order valence-corrected chi connectivity index (χ4v) is 2.27. The summed E-state index contributed by atoms with van der Waals surface area (Å²) >= 11 is 5.77. The maximum absolute atomic E-state index is 5.77. The summed E-state index contributed by atoms with van der Waals surface area (Å²) in [5.41, 5.74) is 1.05. The molecule has 5 heteroatoms. The van der Waals surface area contributed by atoms with E-state index in [1.165, 1.54) is 19.4 Å². The van der Waals surface area contributed by atoms with Crippen molar-refractivity contribution in [2.75, 3.05) is 25.5 Å². The summed E-state index contributed by atoms with van der Waals surface area (Å²) in [6, 6.07) is 2.30. The lowest BCUT2D eigenvalue weighted by molar-refractivity contribution is 0.260. The average Bonchev–Trinajstić information content (AvgIpc) is 2.22. The molecule has 0 saturated carbocycles. The fraction of sp³-hybridized carbons (Fsp3) is 0.636. The van der Waals surface area contributed by atoms with Crippen LogP contribution < -0.4 is 5.32 Å². The lowest BCUT2D eigenvalue weighted by Crippen LogP contribution is -2.40. The molecule has 1 saturated heterocycles. The van der Waals surface area contributed by atoms with Gasteiger partial charge in [0.15, 0.2) is 11.0 Å². The molecule has 1 fully saturated rings. The Bertz CT molecular complexity index is 369. The first-order valence-electron chi connectivity index (χ1n) is 5.60. The highest BCUT2D eigenvalue weighted by Crippen LogP contribution is 2.17. The summed E-state index contributed by atoms with van der Waals surface area (Å²) in [6.45, 7) is 4.24. The van der Waals surface area contributed by atoms with Crippen LogP contribution in [0.25, 0.3) is 0 Å². The Labute approximate surface area is 101 Å². The molecule has 1 aromatic rings. The van der Waals surface area contributed by atoms with Gasteiger partial charge in [-0.2, -0.15) is 0 Å². The number of anilines is 1. The van der Waals surface area contributed by atoms with E-state index in [2.05, 4.69) is 27.5 Å². The fourth-order valence-electron chi connectivity index (χ4n) is 2.07. The second-order valence-electron chi connectivity index (χ2n) is 4.44. The van der Waals surface area contributed by atoms with E-state index in [1.807, 2.05) is 13.0 Å². The van der Waals surface area contributed by atoms with Crippen molar-refractivity contribution < 1.29 is 0 Å².